The summed E-state index contributed by atoms with van der Waals surface area (Å²) in [7, 11) is -3.56. The van der Waals surface area contributed by atoms with Gasteiger partial charge in [0.25, 0.3) is 10.0 Å². The Hall–Kier alpha value is -1.22. The van der Waals surface area contributed by atoms with E-state index in [1.807, 2.05) is 0 Å². The van der Waals surface area contributed by atoms with Gasteiger partial charge < -0.3 is 4.74 Å². The van der Waals surface area contributed by atoms with Crippen LogP contribution in [-0.4, -0.2) is 31.3 Å². The monoisotopic (exact) mass is 273 g/mol. The Morgan fingerprint density at radius 1 is 1.50 bits per heavy atom. The fourth-order valence-corrected chi connectivity index (χ4v) is 1.33. The van der Waals surface area contributed by atoms with Crippen LogP contribution in [0.2, 0.25) is 5.15 Å². The van der Waals surface area contributed by atoms with Crippen LogP contribution in [0.25, 0.3) is 0 Å². The highest BCUT2D eigenvalue weighted by molar-refractivity contribution is 7.92. The number of hydrogen-bond acceptors (Lipinski definition) is 5. The van der Waals surface area contributed by atoms with Crippen LogP contribution in [0.4, 0.5) is 14.7 Å². The molecule has 0 bridgehead atoms. The second-order valence-electron chi connectivity index (χ2n) is 2.46. The van der Waals surface area contributed by atoms with Crippen molar-refractivity contribution in [2.24, 2.45) is 0 Å². The van der Waals surface area contributed by atoms with E-state index in [-0.39, 0.29) is 11.0 Å². The molecule has 0 radical (unpaired) electrons. The number of aromatic nitrogens is 2. The lowest BCUT2D eigenvalue weighted by molar-refractivity contribution is 0.236. The van der Waals surface area contributed by atoms with Crippen LogP contribution in [0.1, 0.15) is 0 Å². The first kappa shape index (κ1) is 12.8. The molecule has 0 atom stereocenters. The molecule has 6 nitrogen and oxygen atoms in total. The Kier molecular flexibility index (Phi) is 3.81. The molecule has 0 aliphatic carbocycles. The summed E-state index contributed by atoms with van der Waals surface area (Å²) in [6.45, 7) is 0. The molecule has 0 aromatic carbocycles. The topological polar surface area (TPSA) is 81.2 Å². The van der Waals surface area contributed by atoms with E-state index in [9.17, 15) is 17.2 Å². The average Bonchev–Trinajstić information content (AvgIpc) is 2.15. The Morgan fingerprint density at radius 2 is 2.12 bits per heavy atom. The van der Waals surface area contributed by atoms with Crippen LogP contribution >= 0.6 is 11.6 Å². The summed E-state index contributed by atoms with van der Waals surface area (Å²) in [5, 5.41) is -0.140. The fraction of sp³-hybridized carbons (Fsp3) is 0.333. The van der Waals surface area contributed by atoms with E-state index in [1.165, 1.54) is 17.9 Å². The quantitative estimate of drug-likeness (QED) is 0.831. The van der Waals surface area contributed by atoms with Crippen LogP contribution < -0.4 is 9.46 Å². The number of rotatable bonds is 4. The molecule has 1 aromatic rings. The summed E-state index contributed by atoms with van der Waals surface area (Å²) in [5.41, 5.74) is 0. The largest absolute Gasteiger partial charge is 0.481 e. The Bertz CT molecular complexity index is 482. The molecule has 0 aliphatic rings. The molecule has 0 saturated carbocycles. The maximum atomic E-state index is 12.0. The number of hydrogen-bond donors (Lipinski definition) is 1. The number of anilines is 1. The summed E-state index contributed by atoms with van der Waals surface area (Å²) >= 11 is 5.48. The predicted octanol–water partition coefficient (Wildman–Crippen LogP) is 1.10. The molecule has 0 amide bonds. The van der Waals surface area contributed by atoms with E-state index in [2.05, 4.69) is 14.7 Å². The van der Waals surface area contributed by atoms with Gasteiger partial charge in [-0.05, 0) is 0 Å². The van der Waals surface area contributed by atoms with Gasteiger partial charge in [-0.25, -0.2) is 18.1 Å². The second-order valence-corrected chi connectivity index (χ2v) is 4.50. The zero-order chi connectivity index (χ0) is 12.3. The van der Waals surface area contributed by atoms with Crippen LogP contribution in [0.15, 0.2) is 6.07 Å². The number of ether oxygens (including phenoxy) is 1. The number of methoxy groups -OCH3 is 1. The van der Waals surface area contributed by atoms with Crippen molar-refractivity contribution >= 4 is 27.6 Å². The first-order chi connectivity index (χ1) is 7.35. The molecule has 1 heterocycles. The third kappa shape index (κ3) is 3.14. The van der Waals surface area contributed by atoms with E-state index >= 15 is 0 Å². The van der Waals surface area contributed by atoms with Crippen molar-refractivity contribution in [1.29, 1.82) is 0 Å². The van der Waals surface area contributed by atoms with Gasteiger partial charge in [-0.2, -0.15) is 13.8 Å². The molecule has 90 valence electrons. The van der Waals surface area contributed by atoms with Gasteiger partial charge in [0.05, 0.1) is 7.11 Å². The van der Waals surface area contributed by atoms with Gasteiger partial charge in [0.2, 0.25) is 11.8 Å². The first-order valence-electron chi connectivity index (χ1n) is 3.73. The van der Waals surface area contributed by atoms with Crippen LogP contribution in [0.5, 0.6) is 5.88 Å². The van der Waals surface area contributed by atoms with Crippen molar-refractivity contribution in [3.05, 3.63) is 11.2 Å². The third-order valence-electron chi connectivity index (χ3n) is 1.35. The maximum absolute atomic E-state index is 12.0. The number of alkyl halides is 2. The van der Waals surface area contributed by atoms with E-state index in [0.29, 0.717) is 0 Å². The number of nitrogens with one attached hydrogen (secondary N) is 1. The van der Waals surface area contributed by atoms with Gasteiger partial charge in [0.1, 0.15) is 5.15 Å². The highest BCUT2D eigenvalue weighted by atomic mass is 35.5. The maximum Gasteiger partial charge on any atom is 0.355 e. The number of halogens is 3. The van der Waals surface area contributed by atoms with E-state index in [1.54, 1.807) is 0 Å². The van der Waals surface area contributed by atoms with Gasteiger partial charge in [0.15, 0.2) is 0 Å². The third-order valence-corrected chi connectivity index (χ3v) is 2.48. The zero-order valence-corrected chi connectivity index (χ0v) is 9.39. The zero-order valence-electron chi connectivity index (χ0n) is 7.82. The van der Waals surface area contributed by atoms with Gasteiger partial charge in [-0.3, -0.25) is 0 Å². The average molecular weight is 274 g/mol. The van der Waals surface area contributed by atoms with Gasteiger partial charge >= 0.3 is 5.76 Å². The summed E-state index contributed by atoms with van der Waals surface area (Å²) in [6.07, 6.45) is 0. The lowest BCUT2D eigenvalue weighted by Gasteiger charge is -2.06. The van der Waals surface area contributed by atoms with Crippen molar-refractivity contribution in [2.75, 3.05) is 11.8 Å². The van der Waals surface area contributed by atoms with Crippen molar-refractivity contribution in [1.82, 2.24) is 9.97 Å². The lowest BCUT2D eigenvalue weighted by atomic mass is 10.6. The molecule has 0 saturated heterocycles. The molecule has 0 aliphatic heterocycles. The molecule has 1 aromatic heterocycles. The smallest absolute Gasteiger partial charge is 0.355 e. The molecular formula is C6H6ClF2N3O3S. The van der Waals surface area contributed by atoms with Gasteiger partial charge in [-0.15, -0.1) is 0 Å². The number of nitrogens with zero attached hydrogens (tertiary/aromatic N) is 2. The molecule has 0 spiro atoms. The lowest BCUT2D eigenvalue weighted by Crippen LogP contribution is -2.22. The SMILES string of the molecule is COc1cc(Cl)nc(NS(=O)(=O)C(F)F)n1. The van der Waals surface area contributed by atoms with E-state index in [0.717, 1.165) is 0 Å². The first-order valence-corrected chi connectivity index (χ1v) is 5.66. The minimum absolute atomic E-state index is 0.0491. The van der Waals surface area contributed by atoms with Crippen LogP contribution in [0, 0.1) is 0 Å². The highest BCUT2D eigenvalue weighted by Gasteiger charge is 2.25. The predicted molar refractivity (Wildman–Crippen MR) is 52.1 cm³/mol. The molecule has 0 unspecified atom stereocenters. The molecule has 10 heteroatoms. The van der Waals surface area contributed by atoms with E-state index in [4.69, 9.17) is 11.6 Å². The van der Waals surface area contributed by atoms with Gasteiger partial charge in [-0.1, -0.05) is 11.6 Å². The normalized spacial score (nSPS) is 11.6. The standard InChI is InChI=1S/C6H6ClF2N3O3S/c1-15-4-2-3(7)10-6(11-4)12-16(13,14)5(8)9/h2,5H,1H3,(H,10,11,12). The summed E-state index contributed by atoms with van der Waals surface area (Å²) in [5.74, 6) is -4.21. The van der Waals surface area contributed by atoms with Crippen molar-refractivity contribution in [3.8, 4) is 5.88 Å². The fourth-order valence-electron chi connectivity index (χ4n) is 0.719. The second kappa shape index (κ2) is 4.74. The Balaban J connectivity index is 3.02. The van der Waals surface area contributed by atoms with Crippen molar-refractivity contribution in [2.45, 2.75) is 5.76 Å². The number of sulfonamides is 1. The summed E-state index contributed by atoms with van der Waals surface area (Å²) in [6, 6.07) is 1.20. The molecule has 1 N–H and O–H groups in total. The Labute approximate surface area is 94.7 Å². The van der Waals surface area contributed by atoms with Crippen molar-refractivity contribution in [3.63, 3.8) is 0 Å². The molecule has 1 rings (SSSR count). The summed E-state index contributed by atoms with van der Waals surface area (Å²) < 4.78 is 51.7. The summed E-state index contributed by atoms with van der Waals surface area (Å²) in [4.78, 5) is 6.88. The van der Waals surface area contributed by atoms with Crippen LogP contribution in [0.3, 0.4) is 0 Å². The Morgan fingerprint density at radius 3 is 2.62 bits per heavy atom. The minimum Gasteiger partial charge on any atom is -0.481 e. The highest BCUT2D eigenvalue weighted by Crippen LogP contribution is 2.17. The minimum atomic E-state index is -4.82. The molecular weight excluding hydrogens is 268 g/mol. The van der Waals surface area contributed by atoms with Crippen molar-refractivity contribution < 1.29 is 21.9 Å². The van der Waals surface area contributed by atoms with E-state index < -0.39 is 21.7 Å². The molecule has 16 heavy (non-hydrogen) atoms. The van der Waals surface area contributed by atoms with Gasteiger partial charge in [0, 0.05) is 6.07 Å². The van der Waals surface area contributed by atoms with Crippen LogP contribution in [-0.2, 0) is 10.0 Å². The molecule has 0 fully saturated rings.